The Hall–Kier alpha value is 0.270. The summed E-state index contributed by atoms with van der Waals surface area (Å²) in [4.78, 5) is 0.359. The Morgan fingerprint density at radius 3 is 3.07 bits per heavy atom. The van der Waals surface area contributed by atoms with E-state index in [0.717, 1.165) is 6.61 Å². The quantitative estimate of drug-likeness (QED) is 0.764. The number of thioether (sulfide) groups is 1. The number of rotatable bonds is 2. The Morgan fingerprint density at radius 2 is 2.43 bits per heavy atom. The lowest BCUT2D eigenvalue weighted by molar-refractivity contribution is -0.0100. The first-order valence-electron chi connectivity index (χ1n) is 5.77. The second-order valence-electron chi connectivity index (χ2n) is 4.59. The molecule has 3 atom stereocenters. The maximum Gasteiger partial charge on any atom is 0.0694 e. The fraction of sp³-hybridized carbons (Fsp3) is 1.00. The van der Waals surface area contributed by atoms with Crippen LogP contribution in [0.5, 0.6) is 0 Å². The second kappa shape index (κ2) is 4.42. The summed E-state index contributed by atoms with van der Waals surface area (Å²) in [5.41, 5.74) is 0. The monoisotopic (exact) mass is 215 g/mol. The van der Waals surface area contributed by atoms with Crippen molar-refractivity contribution >= 4 is 11.8 Å². The molecule has 3 unspecified atom stereocenters. The van der Waals surface area contributed by atoms with Gasteiger partial charge in [0.1, 0.15) is 0 Å². The summed E-state index contributed by atoms with van der Waals surface area (Å²) in [7, 11) is 0. The summed E-state index contributed by atoms with van der Waals surface area (Å²) in [5, 5.41) is 3.74. The minimum Gasteiger partial charge on any atom is -0.378 e. The predicted octanol–water partition coefficient (Wildman–Crippen LogP) is 2.39. The maximum absolute atomic E-state index is 5.79. The molecule has 2 heterocycles. The zero-order chi connectivity index (χ0) is 10.0. The third-order valence-electron chi connectivity index (χ3n) is 3.15. The molecule has 0 radical (unpaired) electrons. The molecule has 0 aliphatic carbocycles. The highest BCUT2D eigenvalue weighted by Crippen LogP contribution is 2.41. The molecule has 0 aromatic rings. The van der Waals surface area contributed by atoms with Crippen molar-refractivity contribution in [2.24, 2.45) is 0 Å². The molecule has 2 rings (SSSR count). The fourth-order valence-corrected chi connectivity index (χ4v) is 3.97. The van der Waals surface area contributed by atoms with E-state index in [9.17, 15) is 0 Å². The van der Waals surface area contributed by atoms with Crippen molar-refractivity contribution in [2.45, 2.75) is 56.5 Å². The largest absolute Gasteiger partial charge is 0.378 e. The molecular weight excluding hydrogens is 194 g/mol. The molecule has 1 spiro atoms. The molecule has 0 aromatic carbocycles. The molecule has 82 valence electrons. The Morgan fingerprint density at radius 1 is 1.57 bits per heavy atom. The topological polar surface area (TPSA) is 21.3 Å². The Labute approximate surface area is 91.2 Å². The van der Waals surface area contributed by atoms with Gasteiger partial charge in [-0.2, -0.15) is 0 Å². The molecule has 2 aliphatic rings. The van der Waals surface area contributed by atoms with E-state index >= 15 is 0 Å². The smallest absolute Gasteiger partial charge is 0.0694 e. The summed E-state index contributed by atoms with van der Waals surface area (Å²) in [6.07, 6.45) is 5.34. The standard InChI is InChI=1S/C11H21NOS/c1-3-4-10-7-11(5-6-13-10)12-9(2)8-14-11/h9-10,12H,3-8H2,1-2H3. The molecule has 0 bridgehead atoms. The summed E-state index contributed by atoms with van der Waals surface area (Å²) in [6, 6.07) is 0.681. The van der Waals surface area contributed by atoms with Crippen LogP contribution in [-0.4, -0.2) is 29.4 Å². The number of nitrogens with one attached hydrogen (secondary N) is 1. The molecule has 2 saturated heterocycles. The summed E-state index contributed by atoms with van der Waals surface area (Å²) in [5.74, 6) is 1.26. The van der Waals surface area contributed by atoms with Crippen molar-refractivity contribution in [3.63, 3.8) is 0 Å². The Kier molecular flexibility index (Phi) is 3.40. The highest BCUT2D eigenvalue weighted by atomic mass is 32.2. The molecule has 0 aromatic heterocycles. The van der Waals surface area contributed by atoms with E-state index in [1.165, 1.54) is 31.4 Å². The average molecular weight is 215 g/mol. The fourth-order valence-electron chi connectivity index (χ4n) is 2.51. The van der Waals surface area contributed by atoms with Gasteiger partial charge in [0.2, 0.25) is 0 Å². The van der Waals surface area contributed by atoms with Crippen LogP contribution in [0.3, 0.4) is 0 Å². The SMILES string of the molecule is CCCC1CC2(CCO1)NC(C)CS2. The van der Waals surface area contributed by atoms with Crippen LogP contribution in [0, 0.1) is 0 Å². The molecule has 2 aliphatic heterocycles. The van der Waals surface area contributed by atoms with Gasteiger partial charge >= 0.3 is 0 Å². The summed E-state index contributed by atoms with van der Waals surface area (Å²) >= 11 is 2.11. The lowest BCUT2D eigenvalue weighted by Crippen LogP contribution is -2.47. The van der Waals surface area contributed by atoms with Gasteiger partial charge in [-0.05, 0) is 19.8 Å². The van der Waals surface area contributed by atoms with E-state index in [1.54, 1.807) is 0 Å². The van der Waals surface area contributed by atoms with Crippen LogP contribution >= 0.6 is 11.8 Å². The first kappa shape index (κ1) is 10.8. The maximum atomic E-state index is 5.79. The summed E-state index contributed by atoms with van der Waals surface area (Å²) < 4.78 is 5.79. The van der Waals surface area contributed by atoms with Crippen molar-refractivity contribution in [3.05, 3.63) is 0 Å². The highest BCUT2D eigenvalue weighted by Gasteiger charge is 2.41. The van der Waals surface area contributed by atoms with Gasteiger partial charge in [-0.15, -0.1) is 11.8 Å². The molecular formula is C11H21NOS. The average Bonchev–Trinajstić information content (AvgIpc) is 2.48. The summed E-state index contributed by atoms with van der Waals surface area (Å²) in [6.45, 7) is 5.46. The zero-order valence-corrected chi connectivity index (χ0v) is 10.0. The van der Waals surface area contributed by atoms with E-state index in [1.807, 2.05) is 0 Å². The molecule has 2 fully saturated rings. The van der Waals surface area contributed by atoms with Crippen LogP contribution < -0.4 is 5.32 Å². The van der Waals surface area contributed by atoms with Crippen LogP contribution in [0.1, 0.15) is 39.5 Å². The van der Waals surface area contributed by atoms with Crippen molar-refractivity contribution in [2.75, 3.05) is 12.4 Å². The molecule has 1 N–H and O–H groups in total. The van der Waals surface area contributed by atoms with E-state index in [4.69, 9.17) is 4.74 Å². The van der Waals surface area contributed by atoms with Crippen LogP contribution in [-0.2, 0) is 4.74 Å². The molecule has 0 amide bonds. The van der Waals surface area contributed by atoms with Gasteiger partial charge in [-0.3, -0.25) is 5.32 Å². The first-order chi connectivity index (χ1) is 6.74. The van der Waals surface area contributed by atoms with Gasteiger partial charge < -0.3 is 4.74 Å². The Bertz CT molecular complexity index is 194. The predicted molar refractivity (Wildman–Crippen MR) is 61.7 cm³/mol. The molecule has 14 heavy (non-hydrogen) atoms. The third kappa shape index (κ3) is 2.26. The lowest BCUT2D eigenvalue weighted by Gasteiger charge is -2.38. The van der Waals surface area contributed by atoms with Crippen molar-refractivity contribution in [1.29, 1.82) is 0 Å². The van der Waals surface area contributed by atoms with Crippen molar-refractivity contribution in [1.82, 2.24) is 5.32 Å². The molecule has 0 saturated carbocycles. The van der Waals surface area contributed by atoms with Crippen LogP contribution in [0.4, 0.5) is 0 Å². The van der Waals surface area contributed by atoms with Gasteiger partial charge in [0.15, 0.2) is 0 Å². The van der Waals surface area contributed by atoms with Crippen LogP contribution in [0.15, 0.2) is 0 Å². The van der Waals surface area contributed by atoms with E-state index < -0.39 is 0 Å². The van der Waals surface area contributed by atoms with Crippen molar-refractivity contribution in [3.8, 4) is 0 Å². The highest BCUT2D eigenvalue weighted by molar-refractivity contribution is 8.00. The number of ether oxygens (including phenoxy) is 1. The minimum atomic E-state index is 0.359. The molecule has 2 nitrogen and oxygen atoms in total. The van der Waals surface area contributed by atoms with Crippen LogP contribution in [0.2, 0.25) is 0 Å². The van der Waals surface area contributed by atoms with Crippen LogP contribution in [0.25, 0.3) is 0 Å². The third-order valence-corrected chi connectivity index (χ3v) is 4.85. The van der Waals surface area contributed by atoms with E-state index in [2.05, 4.69) is 30.9 Å². The molecule has 3 heteroatoms. The second-order valence-corrected chi connectivity index (χ2v) is 5.99. The lowest BCUT2D eigenvalue weighted by atomic mass is 9.99. The zero-order valence-electron chi connectivity index (χ0n) is 9.21. The van der Waals surface area contributed by atoms with Gasteiger partial charge in [-0.25, -0.2) is 0 Å². The Balaban J connectivity index is 1.93. The first-order valence-corrected chi connectivity index (χ1v) is 6.76. The normalized spacial score (nSPS) is 43.3. The van der Waals surface area contributed by atoms with Gasteiger partial charge in [-0.1, -0.05) is 13.3 Å². The number of hydrogen-bond donors (Lipinski definition) is 1. The van der Waals surface area contributed by atoms with Gasteiger partial charge in [0.25, 0.3) is 0 Å². The van der Waals surface area contributed by atoms with Gasteiger partial charge in [0.05, 0.1) is 11.0 Å². The number of hydrogen-bond acceptors (Lipinski definition) is 3. The van der Waals surface area contributed by atoms with Crippen molar-refractivity contribution < 1.29 is 4.74 Å². The minimum absolute atomic E-state index is 0.359. The van der Waals surface area contributed by atoms with E-state index in [0.29, 0.717) is 17.0 Å². The van der Waals surface area contributed by atoms with Gasteiger partial charge in [0, 0.05) is 24.8 Å². The van der Waals surface area contributed by atoms with E-state index in [-0.39, 0.29) is 0 Å².